The number of fused-ring (bicyclic) bond motifs is 1. The monoisotopic (exact) mass is 694 g/mol. The molecule has 0 unspecified atom stereocenters. The van der Waals surface area contributed by atoms with Crippen molar-refractivity contribution in [1.29, 1.82) is 0 Å². The largest absolute Gasteiger partial charge is 1.00 e. The van der Waals surface area contributed by atoms with Gasteiger partial charge in [-0.25, -0.2) is 0 Å². The van der Waals surface area contributed by atoms with Gasteiger partial charge in [-0.2, -0.15) is 0 Å². The van der Waals surface area contributed by atoms with E-state index in [0.717, 1.165) is 43.5 Å². The van der Waals surface area contributed by atoms with E-state index >= 15 is 0 Å². The van der Waals surface area contributed by atoms with Gasteiger partial charge in [-0.3, -0.25) is 4.79 Å². The van der Waals surface area contributed by atoms with Gasteiger partial charge in [0.15, 0.2) is 16.8 Å². The molecule has 0 aliphatic rings. The molecule has 46 heavy (non-hydrogen) atoms. The van der Waals surface area contributed by atoms with Crippen molar-refractivity contribution in [2.45, 2.75) is 25.7 Å². The number of aryl methyl sites for hydroxylation is 1. The maximum Gasteiger partial charge on any atom is 0.204 e. The number of hydrogen-bond acceptors (Lipinski definition) is 5. The normalized spacial score (nSPS) is 11.2. The molecular weight excluding hydrogens is 659 g/mol. The Labute approximate surface area is 280 Å². The molecule has 2 N–H and O–H groups in total. The lowest BCUT2D eigenvalue weighted by atomic mass is 10.0. The summed E-state index contributed by atoms with van der Waals surface area (Å²) in [6, 6.07) is 43.5. The van der Waals surface area contributed by atoms with E-state index in [1.54, 1.807) is 0 Å². The highest BCUT2D eigenvalue weighted by molar-refractivity contribution is 7.95. The van der Waals surface area contributed by atoms with Crippen molar-refractivity contribution in [3.05, 3.63) is 143 Å². The Morgan fingerprint density at radius 3 is 1.74 bits per heavy atom. The highest BCUT2D eigenvalue weighted by Gasteiger charge is 2.44. The zero-order valence-electron chi connectivity index (χ0n) is 25.6. The van der Waals surface area contributed by atoms with Crippen LogP contribution in [0.15, 0.2) is 137 Å². The van der Waals surface area contributed by atoms with Crippen molar-refractivity contribution in [2.75, 3.05) is 13.3 Å². The lowest BCUT2D eigenvalue weighted by Crippen LogP contribution is -3.00. The van der Waals surface area contributed by atoms with Crippen molar-refractivity contribution >= 4 is 34.1 Å². The molecule has 0 atom stereocenters. The molecule has 0 saturated heterocycles. The number of benzene rings is 5. The zero-order valence-corrected chi connectivity index (χ0v) is 28.1. The number of aromatic hydroxyl groups is 2. The van der Waals surface area contributed by atoms with Gasteiger partial charge in [0.25, 0.3) is 0 Å². The topological polar surface area (TPSA) is 79.9 Å². The maximum atomic E-state index is 12.8. The SMILES string of the molecule is COc1c(O)cc(O)c2c(=O)cc(-c3ccc(CCCCC[P+](c4ccccc4)(c4ccccc4)c4ccccc4)cc3)oc12.[Br-]. The first kappa shape index (κ1) is 33.0. The molecule has 0 spiro atoms. The van der Waals surface area contributed by atoms with Crippen LogP contribution in [-0.2, 0) is 6.42 Å². The molecule has 7 heteroatoms. The van der Waals surface area contributed by atoms with Crippen molar-refractivity contribution in [1.82, 2.24) is 0 Å². The second-order valence-corrected chi connectivity index (χ2v) is 14.8. The van der Waals surface area contributed by atoms with Crippen LogP contribution in [0.3, 0.4) is 0 Å². The minimum atomic E-state index is -1.82. The molecule has 0 aliphatic heterocycles. The van der Waals surface area contributed by atoms with Crippen molar-refractivity contribution in [3.63, 3.8) is 0 Å². The predicted molar refractivity (Wildman–Crippen MR) is 185 cm³/mol. The molecule has 0 saturated carbocycles. The van der Waals surface area contributed by atoms with E-state index in [1.807, 2.05) is 12.1 Å². The summed E-state index contributed by atoms with van der Waals surface area (Å²) in [5.74, 6) is -0.300. The van der Waals surface area contributed by atoms with Gasteiger partial charge in [0.05, 0.1) is 13.3 Å². The molecule has 0 amide bonds. The summed E-state index contributed by atoms with van der Waals surface area (Å²) in [5, 5.41) is 24.6. The van der Waals surface area contributed by atoms with Crippen molar-refractivity contribution in [3.8, 4) is 28.6 Å². The van der Waals surface area contributed by atoms with Gasteiger partial charge < -0.3 is 36.3 Å². The van der Waals surface area contributed by atoms with E-state index in [0.29, 0.717) is 5.76 Å². The Balaban J connectivity index is 0.00000417. The third-order valence-corrected chi connectivity index (χ3v) is 12.9. The molecule has 234 valence electrons. The van der Waals surface area contributed by atoms with Gasteiger partial charge in [0.1, 0.15) is 40.1 Å². The number of unbranched alkanes of at least 4 members (excludes halogenated alkanes) is 2. The summed E-state index contributed by atoms with van der Waals surface area (Å²) in [4.78, 5) is 12.8. The van der Waals surface area contributed by atoms with E-state index in [2.05, 4.69) is 103 Å². The molecule has 5 aromatic carbocycles. The van der Waals surface area contributed by atoms with Gasteiger partial charge in [-0.05, 0) is 67.6 Å². The van der Waals surface area contributed by atoms with Gasteiger partial charge in [0.2, 0.25) is 5.75 Å². The Kier molecular flexibility index (Phi) is 10.6. The number of ether oxygens (including phenoxy) is 1. The molecule has 0 radical (unpaired) electrons. The van der Waals surface area contributed by atoms with Gasteiger partial charge in [-0.1, -0.05) is 78.9 Å². The van der Waals surface area contributed by atoms with Crippen molar-refractivity contribution < 1.29 is 36.3 Å². The van der Waals surface area contributed by atoms with E-state index in [9.17, 15) is 15.0 Å². The summed E-state index contributed by atoms with van der Waals surface area (Å²) >= 11 is 0. The molecule has 6 rings (SSSR count). The summed E-state index contributed by atoms with van der Waals surface area (Å²) in [5.41, 5.74) is 1.55. The third-order valence-electron chi connectivity index (χ3n) is 8.41. The van der Waals surface area contributed by atoms with Crippen LogP contribution in [0.4, 0.5) is 0 Å². The van der Waals surface area contributed by atoms with Crippen LogP contribution >= 0.6 is 7.26 Å². The Morgan fingerprint density at radius 2 is 1.22 bits per heavy atom. The standard InChI is InChI=1S/C39H35O5P.BrH/c1-43-38-35(42)26-33(40)37-34(41)27-36(44-39(37)38)29-23-21-28(22-24-29)14-6-5-13-25-45(30-15-7-2-8-16-30,31-17-9-3-10-18-31)32-19-11-4-12-20-32;/h2-4,7-12,15-24,26-27H,5-6,13-14,25H2,1H3,(H-,40,41,42);1H. The summed E-state index contributed by atoms with van der Waals surface area (Å²) in [6.07, 6.45) is 5.36. The van der Waals surface area contributed by atoms with Gasteiger partial charge in [0, 0.05) is 17.7 Å². The molecular formula is C39H36BrO5P. The minimum absolute atomic E-state index is 0. The van der Waals surface area contributed by atoms with Crippen LogP contribution in [0.2, 0.25) is 0 Å². The van der Waals surface area contributed by atoms with Crippen LogP contribution in [-0.4, -0.2) is 23.5 Å². The number of phenols is 2. The second kappa shape index (κ2) is 14.8. The zero-order chi connectivity index (χ0) is 31.2. The van der Waals surface area contributed by atoms with Crippen LogP contribution in [0.1, 0.15) is 24.8 Å². The first-order chi connectivity index (χ1) is 22.0. The van der Waals surface area contributed by atoms with Crippen LogP contribution in [0.25, 0.3) is 22.3 Å². The molecule has 5 nitrogen and oxygen atoms in total. The molecule has 0 fully saturated rings. The molecule has 1 heterocycles. The highest BCUT2D eigenvalue weighted by atomic mass is 79.9. The van der Waals surface area contributed by atoms with Gasteiger partial charge in [-0.15, -0.1) is 0 Å². The first-order valence-electron chi connectivity index (χ1n) is 15.2. The van der Waals surface area contributed by atoms with Crippen LogP contribution in [0.5, 0.6) is 17.2 Å². The van der Waals surface area contributed by atoms with Gasteiger partial charge >= 0.3 is 0 Å². The molecule has 1 aromatic heterocycles. The Morgan fingerprint density at radius 1 is 0.674 bits per heavy atom. The summed E-state index contributed by atoms with van der Waals surface area (Å²) < 4.78 is 11.2. The maximum absolute atomic E-state index is 12.8. The minimum Gasteiger partial charge on any atom is -1.00 e. The number of methoxy groups -OCH3 is 1. The van der Waals surface area contributed by atoms with Crippen molar-refractivity contribution in [2.24, 2.45) is 0 Å². The number of rotatable bonds is 11. The third kappa shape index (κ3) is 6.60. The highest BCUT2D eigenvalue weighted by Crippen LogP contribution is 2.56. The van der Waals surface area contributed by atoms with E-state index < -0.39 is 12.7 Å². The van der Waals surface area contributed by atoms with E-state index in [4.69, 9.17) is 9.15 Å². The fourth-order valence-electron chi connectivity index (χ4n) is 6.19. The summed E-state index contributed by atoms with van der Waals surface area (Å²) in [6.45, 7) is 0. The number of phenolic OH excluding ortho intramolecular Hbond substituents is 2. The molecule has 0 aliphatic carbocycles. The fourth-order valence-corrected chi connectivity index (χ4v) is 10.6. The quantitative estimate of drug-likeness (QED) is 0.153. The smallest absolute Gasteiger partial charge is 0.204 e. The van der Waals surface area contributed by atoms with Crippen LogP contribution < -0.4 is 43.1 Å². The van der Waals surface area contributed by atoms with Crippen LogP contribution in [0, 0.1) is 0 Å². The number of halogens is 1. The molecule has 0 bridgehead atoms. The first-order valence-corrected chi connectivity index (χ1v) is 17.2. The lowest BCUT2D eigenvalue weighted by molar-refractivity contribution is -0.0000115. The summed E-state index contributed by atoms with van der Waals surface area (Å²) in [7, 11) is -0.442. The Hall–Kier alpha value is -4.38. The lowest BCUT2D eigenvalue weighted by Gasteiger charge is -2.27. The number of hydrogen-bond donors (Lipinski definition) is 2. The average Bonchev–Trinajstić information content (AvgIpc) is 3.08. The predicted octanol–water partition coefficient (Wildman–Crippen LogP) is 4.59. The molecule has 6 aromatic rings. The van der Waals surface area contributed by atoms with E-state index in [-0.39, 0.29) is 45.2 Å². The van der Waals surface area contributed by atoms with E-state index in [1.165, 1.54) is 34.7 Å². The Bertz CT molecular complexity index is 1850. The fraction of sp³-hybridized carbons (Fsp3) is 0.154. The average molecular weight is 696 g/mol. The second-order valence-electron chi connectivity index (χ2n) is 11.2.